The molecule has 2 heterocycles. The van der Waals surface area contributed by atoms with Crippen molar-refractivity contribution in [1.82, 2.24) is 4.90 Å². The molecule has 1 aliphatic heterocycles. The van der Waals surface area contributed by atoms with E-state index in [2.05, 4.69) is 0 Å². The van der Waals surface area contributed by atoms with Crippen molar-refractivity contribution in [2.45, 2.75) is 39.5 Å². The predicted octanol–water partition coefficient (Wildman–Crippen LogP) is 2.48. The van der Waals surface area contributed by atoms with E-state index in [4.69, 9.17) is 4.42 Å². The molecule has 6 heteroatoms. The first-order valence-corrected chi connectivity index (χ1v) is 8.46. The van der Waals surface area contributed by atoms with Crippen LogP contribution in [0.3, 0.4) is 0 Å². The average molecular weight is 343 g/mol. The number of phenols is 1. The minimum Gasteiger partial charge on any atom is -0.507 e. The molecule has 1 N–H and O–H groups in total. The van der Waals surface area contributed by atoms with Gasteiger partial charge in [0.15, 0.2) is 11.9 Å². The Morgan fingerprint density at radius 1 is 1.28 bits per heavy atom. The van der Waals surface area contributed by atoms with Crippen molar-refractivity contribution >= 4 is 23.2 Å². The molecule has 0 atom stereocenters. The molecule has 25 heavy (non-hydrogen) atoms. The fourth-order valence-electron chi connectivity index (χ4n) is 3.39. The number of hydrogen-bond acceptors (Lipinski definition) is 5. The highest BCUT2D eigenvalue weighted by Gasteiger charge is 2.22. The molecule has 0 radical (unpaired) electrons. The number of hydrogen-bond donors (Lipinski definition) is 1. The van der Waals surface area contributed by atoms with Crippen molar-refractivity contribution in [3.8, 4) is 5.75 Å². The first-order valence-electron chi connectivity index (χ1n) is 8.46. The smallest absolute Gasteiger partial charge is 0.340 e. The molecule has 1 saturated heterocycles. The third-order valence-electron chi connectivity index (χ3n) is 4.93. The van der Waals surface area contributed by atoms with Crippen molar-refractivity contribution in [3.63, 3.8) is 0 Å². The molecule has 1 aromatic heterocycles. The van der Waals surface area contributed by atoms with E-state index in [-0.39, 0.29) is 29.2 Å². The van der Waals surface area contributed by atoms with Gasteiger partial charge in [0.25, 0.3) is 0 Å². The molecule has 0 unspecified atom stereocenters. The molecule has 3 rings (SSSR count). The quantitative estimate of drug-likeness (QED) is 0.683. The van der Waals surface area contributed by atoms with E-state index in [1.165, 1.54) is 0 Å². The normalized spacial score (nSPS) is 14.7. The van der Waals surface area contributed by atoms with Gasteiger partial charge >= 0.3 is 5.63 Å². The fraction of sp³-hybridized carbons (Fsp3) is 0.421. The van der Waals surface area contributed by atoms with Crippen LogP contribution in [0.2, 0.25) is 0 Å². The summed E-state index contributed by atoms with van der Waals surface area (Å²) in [5.74, 6) is -0.275. The third kappa shape index (κ3) is 3.04. The topological polar surface area (TPSA) is 87.8 Å². The van der Waals surface area contributed by atoms with E-state index in [0.29, 0.717) is 28.4 Å². The number of rotatable bonds is 3. The largest absolute Gasteiger partial charge is 0.507 e. The van der Waals surface area contributed by atoms with Gasteiger partial charge in [0.05, 0.1) is 17.5 Å². The van der Waals surface area contributed by atoms with Crippen LogP contribution in [0, 0.1) is 13.8 Å². The summed E-state index contributed by atoms with van der Waals surface area (Å²) in [7, 11) is 0. The Morgan fingerprint density at radius 2 is 1.96 bits per heavy atom. The van der Waals surface area contributed by atoms with Crippen molar-refractivity contribution in [2.24, 2.45) is 0 Å². The van der Waals surface area contributed by atoms with Crippen molar-refractivity contribution in [3.05, 3.63) is 38.7 Å². The number of nitrogens with zero attached hydrogens (tertiary/aromatic N) is 1. The Balaban J connectivity index is 2.07. The number of aryl methyl sites for hydroxylation is 2. The van der Waals surface area contributed by atoms with Gasteiger partial charge in [0.1, 0.15) is 5.75 Å². The molecule has 0 saturated carbocycles. The summed E-state index contributed by atoms with van der Waals surface area (Å²) < 4.78 is 5.30. The van der Waals surface area contributed by atoms with Crippen molar-refractivity contribution in [1.29, 1.82) is 0 Å². The first kappa shape index (κ1) is 17.2. The van der Waals surface area contributed by atoms with Gasteiger partial charge in [-0.3, -0.25) is 9.59 Å². The zero-order valence-electron chi connectivity index (χ0n) is 14.4. The number of aldehydes is 1. The standard InChI is InChI=1S/C19H21NO5/c1-11-8-13-12(2)14(9-16(22)20-6-4-3-5-7-20)19(24)25-18(13)15(10-21)17(11)23/h8,10,23H,3-7,9H2,1-2H3. The van der Waals surface area contributed by atoms with Crippen LogP contribution in [-0.2, 0) is 11.2 Å². The second-order valence-electron chi connectivity index (χ2n) is 6.56. The highest BCUT2D eigenvalue weighted by atomic mass is 16.4. The summed E-state index contributed by atoms with van der Waals surface area (Å²) in [4.78, 5) is 38.0. The summed E-state index contributed by atoms with van der Waals surface area (Å²) in [5, 5.41) is 10.6. The molecule has 6 nitrogen and oxygen atoms in total. The number of benzene rings is 1. The molecule has 0 spiro atoms. The van der Waals surface area contributed by atoms with Crippen LogP contribution in [0.5, 0.6) is 5.75 Å². The van der Waals surface area contributed by atoms with Gasteiger partial charge in [-0.2, -0.15) is 0 Å². The van der Waals surface area contributed by atoms with E-state index in [1.54, 1.807) is 24.8 Å². The number of fused-ring (bicyclic) bond motifs is 1. The second kappa shape index (κ2) is 6.70. The zero-order valence-corrected chi connectivity index (χ0v) is 14.4. The van der Waals surface area contributed by atoms with Gasteiger partial charge in [0, 0.05) is 18.5 Å². The SMILES string of the molecule is Cc1cc2c(C)c(CC(=O)N3CCCCC3)c(=O)oc2c(C=O)c1O. The van der Waals surface area contributed by atoms with E-state index < -0.39 is 5.63 Å². The Morgan fingerprint density at radius 3 is 2.60 bits per heavy atom. The maximum atomic E-state index is 12.5. The summed E-state index contributed by atoms with van der Waals surface area (Å²) in [6.45, 7) is 4.85. The molecular formula is C19H21NO5. The third-order valence-corrected chi connectivity index (χ3v) is 4.93. The number of carbonyl (C=O) groups excluding carboxylic acids is 2. The van der Waals surface area contributed by atoms with Crippen LogP contribution in [0.1, 0.15) is 46.3 Å². The monoisotopic (exact) mass is 343 g/mol. The van der Waals surface area contributed by atoms with Gasteiger partial charge in [-0.1, -0.05) is 0 Å². The minimum absolute atomic E-state index is 0.0134. The van der Waals surface area contributed by atoms with Crippen molar-refractivity contribution < 1.29 is 19.1 Å². The van der Waals surface area contributed by atoms with Gasteiger partial charge < -0.3 is 14.4 Å². The lowest BCUT2D eigenvalue weighted by molar-refractivity contribution is -0.131. The van der Waals surface area contributed by atoms with E-state index >= 15 is 0 Å². The Hall–Kier alpha value is -2.63. The number of likely N-dealkylation sites (tertiary alicyclic amines) is 1. The lowest BCUT2D eigenvalue weighted by atomic mass is 9.98. The lowest BCUT2D eigenvalue weighted by Crippen LogP contribution is -2.37. The fourth-order valence-corrected chi connectivity index (χ4v) is 3.39. The Bertz CT molecular complexity index is 906. The molecule has 0 aliphatic carbocycles. The molecule has 1 aromatic carbocycles. The van der Waals surface area contributed by atoms with Crippen molar-refractivity contribution in [2.75, 3.05) is 13.1 Å². The second-order valence-corrected chi connectivity index (χ2v) is 6.56. The molecule has 1 fully saturated rings. The molecular weight excluding hydrogens is 322 g/mol. The van der Waals surface area contributed by atoms with Gasteiger partial charge in [0.2, 0.25) is 5.91 Å². The number of piperidine rings is 1. The maximum absolute atomic E-state index is 12.5. The van der Waals surface area contributed by atoms with Crippen LogP contribution >= 0.6 is 0 Å². The number of aromatic hydroxyl groups is 1. The summed E-state index contributed by atoms with van der Waals surface area (Å²) in [6.07, 6.45) is 3.56. The summed E-state index contributed by atoms with van der Waals surface area (Å²) >= 11 is 0. The summed E-state index contributed by atoms with van der Waals surface area (Å²) in [5.41, 5.74) is 0.827. The number of phenolic OH excluding ortho intramolecular Hbond substituents is 1. The van der Waals surface area contributed by atoms with Gasteiger partial charge in [-0.25, -0.2) is 4.79 Å². The van der Waals surface area contributed by atoms with Crippen LogP contribution < -0.4 is 5.63 Å². The maximum Gasteiger partial charge on any atom is 0.340 e. The average Bonchev–Trinajstić information content (AvgIpc) is 2.61. The molecule has 0 bridgehead atoms. The van der Waals surface area contributed by atoms with Crippen LogP contribution in [0.4, 0.5) is 0 Å². The number of amides is 1. The molecule has 2 aromatic rings. The highest BCUT2D eigenvalue weighted by molar-refractivity contribution is 5.99. The van der Waals surface area contributed by atoms with E-state index in [0.717, 1.165) is 32.4 Å². The lowest BCUT2D eigenvalue weighted by Gasteiger charge is -2.26. The van der Waals surface area contributed by atoms with Crippen LogP contribution in [0.15, 0.2) is 15.3 Å². The first-order chi connectivity index (χ1) is 11.9. The zero-order chi connectivity index (χ0) is 18.1. The van der Waals surface area contributed by atoms with Crippen LogP contribution in [-0.4, -0.2) is 35.3 Å². The Labute approximate surface area is 145 Å². The van der Waals surface area contributed by atoms with E-state index in [9.17, 15) is 19.5 Å². The van der Waals surface area contributed by atoms with Gasteiger partial charge in [-0.15, -0.1) is 0 Å². The Kier molecular flexibility index (Phi) is 4.61. The van der Waals surface area contributed by atoms with Gasteiger partial charge in [-0.05, 0) is 50.3 Å². The molecule has 132 valence electrons. The molecule has 1 amide bonds. The predicted molar refractivity (Wildman–Crippen MR) is 93.1 cm³/mol. The number of carbonyl (C=O) groups is 2. The minimum atomic E-state index is -0.637. The van der Waals surface area contributed by atoms with E-state index in [1.807, 2.05) is 0 Å². The van der Waals surface area contributed by atoms with Crippen LogP contribution in [0.25, 0.3) is 11.0 Å². The highest BCUT2D eigenvalue weighted by Crippen LogP contribution is 2.31. The molecule has 1 aliphatic rings. The summed E-state index contributed by atoms with van der Waals surface area (Å²) in [6, 6.07) is 1.67.